The number of amides is 3. The molecular formula is C45H52N6O7. The molecule has 2 N–H and O–H groups in total. The van der Waals surface area contributed by atoms with Crippen molar-refractivity contribution in [2.24, 2.45) is 22.7 Å². The van der Waals surface area contributed by atoms with Gasteiger partial charge in [-0.3, -0.25) is 14.7 Å². The number of alkyl carbamates (subject to hydrolysis) is 1. The molecule has 5 heterocycles. The third kappa shape index (κ3) is 6.86. The number of nitrogens with one attached hydrogen (secondary N) is 2. The third-order valence-electron chi connectivity index (χ3n) is 12.4. The molecule has 13 nitrogen and oxygen atoms in total. The van der Waals surface area contributed by atoms with Gasteiger partial charge in [0.15, 0.2) is 0 Å². The number of aromatic nitrogens is 2. The Balaban J connectivity index is 0.945. The lowest BCUT2D eigenvalue weighted by molar-refractivity contribution is -0.135. The third-order valence-corrected chi connectivity index (χ3v) is 12.4. The van der Waals surface area contributed by atoms with E-state index >= 15 is 0 Å². The zero-order valence-corrected chi connectivity index (χ0v) is 34.3. The van der Waals surface area contributed by atoms with Crippen molar-refractivity contribution in [1.29, 1.82) is 0 Å². The molecule has 0 spiro atoms. The molecular weight excluding hydrogens is 737 g/mol. The number of aliphatic imine (C=N–C) groups is 1. The van der Waals surface area contributed by atoms with Crippen LogP contribution >= 0.6 is 0 Å². The Morgan fingerprint density at radius 3 is 2.60 bits per heavy atom. The smallest absolute Gasteiger partial charge is 0.410 e. The zero-order chi connectivity index (χ0) is 40.6. The Labute approximate surface area is 338 Å². The lowest BCUT2D eigenvalue weighted by atomic mass is 9.90. The van der Waals surface area contributed by atoms with Gasteiger partial charge in [0.2, 0.25) is 5.91 Å². The van der Waals surface area contributed by atoms with E-state index in [1.165, 1.54) is 7.11 Å². The number of carbonyl (C=O) groups is 3. The van der Waals surface area contributed by atoms with Crippen LogP contribution in [0, 0.1) is 17.8 Å². The second kappa shape index (κ2) is 14.4. The Kier molecular flexibility index (Phi) is 9.49. The number of methoxy groups -OCH3 is 2. The number of fused-ring (bicyclic) bond motifs is 7. The fourth-order valence-corrected chi connectivity index (χ4v) is 9.53. The summed E-state index contributed by atoms with van der Waals surface area (Å²) >= 11 is 0. The Morgan fingerprint density at radius 2 is 1.84 bits per heavy atom. The number of hydrogen-bond acceptors (Lipinski definition) is 9. The molecule has 3 fully saturated rings. The molecule has 9 rings (SSSR count). The van der Waals surface area contributed by atoms with Crippen LogP contribution in [-0.2, 0) is 32.0 Å². The largest absolute Gasteiger partial charge is 0.488 e. The molecule has 4 aliphatic heterocycles. The van der Waals surface area contributed by atoms with E-state index in [-0.39, 0.29) is 42.0 Å². The number of hydrogen-bond donors (Lipinski definition) is 2. The van der Waals surface area contributed by atoms with Gasteiger partial charge in [0.1, 0.15) is 29.8 Å². The monoisotopic (exact) mass is 788 g/mol. The maximum Gasteiger partial charge on any atom is 0.410 e. The molecule has 2 saturated heterocycles. The van der Waals surface area contributed by atoms with Crippen LogP contribution < -0.4 is 10.1 Å². The number of likely N-dealkylation sites (tertiary alicyclic amines) is 2. The van der Waals surface area contributed by atoms with Crippen molar-refractivity contribution in [3.63, 3.8) is 0 Å². The van der Waals surface area contributed by atoms with Crippen molar-refractivity contribution in [2.75, 3.05) is 27.4 Å². The number of benzene rings is 3. The number of carbonyl (C=O) groups excluding carboxylic acids is 3. The van der Waals surface area contributed by atoms with Crippen LogP contribution in [0.15, 0.2) is 53.7 Å². The first kappa shape index (κ1) is 38.1. The first-order valence-corrected chi connectivity index (χ1v) is 20.4. The highest BCUT2D eigenvalue weighted by Crippen LogP contribution is 2.51. The number of rotatable bonds is 8. The normalized spacial score (nSPS) is 23.4. The second-order valence-corrected chi connectivity index (χ2v) is 17.9. The van der Waals surface area contributed by atoms with Crippen molar-refractivity contribution < 1.29 is 33.3 Å². The molecule has 1 aromatic heterocycles. The molecule has 1 aliphatic carbocycles. The molecule has 6 atom stereocenters. The minimum atomic E-state index is -0.665. The number of ether oxygens (including phenoxy) is 4. The van der Waals surface area contributed by atoms with E-state index in [0.717, 1.165) is 86.5 Å². The van der Waals surface area contributed by atoms with Gasteiger partial charge in [-0.05, 0) is 109 Å². The van der Waals surface area contributed by atoms with Gasteiger partial charge >= 0.3 is 12.2 Å². The van der Waals surface area contributed by atoms with Crippen molar-refractivity contribution in [1.82, 2.24) is 25.1 Å². The number of nitrogens with zero attached hydrogens (tertiary/aromatic N) is 4. The van der Waals surface area contributed by atoms with E-state index in [1.807, 2.05) is 45.7 Å². The van der Waals surface area contributed by atoms with E-state index in [1.54, 1.807) is 12.0 Å². The van der Waals surface area contributed by atoms with Gasteiger partial charge in [-0.15, -0.1) is 0 Å². The van der Waals surface area contributed by atoms with Gasteiger partial charge < -0.3 is 34.1 Å². The van der Waals surface area contributed by atoms with E-state index in [2.05, 4.69) is 52.8 Å². The van der Waals surface area contributed by atoms with Crippen LogP contribution in [0.5, 0.6) is 5.75 Å². The summed E-state index contributed by atoms with van der Waals surface area (Å²) in [4.78, 5) is 56.6. The van der Waals surface area contributed by atoms with Crippen molar-refractivity contribution >= 4 is 40.3 Å². The first-order valence-electron chi connectivity index (χ1n) is 20.4. The van der Waals surface area contributed by atoms with E-state index < -0.39 is 17.7 Å². The summed E-state index contributed by atoms with van der Waals surface area (Å²) in [6, 6.07) is 14.2. The van der Waals surface area contributed by atoms with Crippen LogP contribution in [0.4, 0.5) is 15.3 Å². The summed E-state index contributed by atoms with van der Waals surface area (Å²) in [5.74, 6) is 2.06. The summed E-state index contributed by atoms with van der Waals surface area (Å²) in [6.07, 6.45) is 4.16. The van der Waals surface area contributed by atoms with Crippen LogP contribution in [0.25, 0.3) is 33.2 Å². The molecule has 5 aliphatic rings. The Hall–Kier alpha value is -5.43. The van der Waals surface area contributed by atoms with Gasteiger partial charge in [-0.2, -0.15) is 0 Å². The lowest BCUT2D eigenvalue weighted by Gasteiger charge is -2.33. The standard InChI is InChI=1S/C45H52N6O7/c1-23(2)40(49-43(53)56-7)42(52)51-36-15-27(36)16-37(51)34-17-31-30-18-39-32(14-25(30)9-11-33(31)47-34)29-10-8-26(13-28(29)22-57-39)35-19-46-41(48-35)38-12-24(21-55-6)20-50(38)44(54)58-45(3,4)5/h8-11,13-14,18-19,23-24,27,36-38,40H,12,15-17,20-22H2,1-7H3,(H,46,48)(H,49,53)/t24-,27+,36+,37-,38-,40-/m0/s1. The van der Waals surface area contributed by atoms with Crippen LogP contribution in [0.2, 0.25) is 0 Å². The molecule has 0 radical (unpaired) electrons. The molecule has 13 heteroatoms. The number of imidazole rings is 1. The predicted molar refractivity (Wildman–Crippen MR) is 219 cm³/mol. The van der Waals surface area contributed by atoms with Gasteiger partial charge in [0.05, 0.1) is 43.4 Å². The molecule has 0 unspecified atom stereocenters. The molecule has 4 aromatic rings. The van der Waals surface area contributed by atoms with E-state index in [4.69, 9.17) is 28.9 Å². The number of piperidine rings is 1. The van der Waals surface area contributed by atoms with Gasteiger partial charge in [0, 0.05) is 43.3 Å². The molecule has 3 amide bonds. The molecule has 1 saturated carbocycles. The number of H-pyrrole nitrogens is 1. The Morgan fingerprint density at radius 1 is 1.02 bits per heavy atom. The van der Waals surface area contributed by atoms with Crippen molar-refractivity contribution in [3.05, 3.63) is 65.6 Å². The van der Waals surface area contributed by atoms with Gasteiger partial charge in [-0.1, -0.05) is 32.0 Å². The van der Waals surface area contributed by atoms with Crippen LogP contribution in [0.3, 0.4) is 0 Å². The lowest BCUT2D eigenvalue weighted by Crippen LogP contribution is -2.55. The van der Waals surface area contributed by atoms with Crippen LogP contribution in [-0.4, -0.2) is 94.7 Å². The number of aromatic amines is 1. The quantitative estimate of drug-likeness (QED) is 0.184. The maximum atomic E-state index is 14.0. The fraction of sp³-hybridized carbons (Fsp3) is 0.489. The molecule has 58 heavy (non-hydrogen) atoms. The van der Waals surface area contributed by atoms with E-state index in [9.17, 15) is 14.4 Å². The summed E-state index contributed by atoms with van der Waals surface area (Å²) in [5, 5.41) is 4.99. The van der Waals surface area contributed by atoms with E-state index in [0.29, 0.717) is 32.1 Å². The second-order valence-electron chi connectivity index (χ2n) is 17.9. The zero-order valence-electron chi connectivity index (χ0n) is 34.3. The van der Waals surface area contributed by atoms with Crippen molar-refractivity contribution in [2.45, 2.75) is 96.7 Å². The molecule has 3 aromatic carbocycles. The highest BCUT2D eigenvalue weighted by molar-refractivity contribution is 6.07. The topological polar surface area (TPSA) is 148 Å². The van der Waals surface area contributed by atoms with Crippen LogP contribution in [0.1, 0.15) is 76.9 Å². The SMILES string of the molecule is COC[C@H]1C[C@@H](c2ncc(-c3ccc4c(c3)COc3cc5c6c(ccc5cc3-4)N=C([C@@H]3C[C@H]4C[C@H]4N3C(=O)[C@@H](NC(=O)OC)C(C)C)C6)[nH]2)N(C(=O)OC(C)(C)C)C1. The maximum absolute atomic E-state index is 14.0. The van der Waals surface area contributed by atoms with Gasteiger partial charge in [-0.25, -0.2) is 14.6 Å². The van der Waals surface area contributed by atoms with Gasteiger partial charge in [0.25, 0.3) is 0 Å². The minimum absolute atomic E-state index is 0.0640. The summed E-state index contributed by atoms with van der Waals surface area (Å²) in [6.45, 7) is 11.0. The highest BCUT2D eigenvalue weighted by Gasteiger charge is 2.56. The average Bonchev–Trinajstić information content (AvgIpc) is 3.66. The Bertz CT molecular complexity index is 2340. The average molecular weight is 789 g/mol. The molecule has 0 bridgehead atoms. The molecule has 304 valence electrons. The fourth-order valence-electron chi connectivity index (χ4n) is 9.53. The summed E-state index contributed by atoms with van der Waals surface area (Å²) in [5.41, 5.74) is 7.58. The highest BCUT2D eigenvalue weighted by atomic mass is 16.6. The van der Waals surface area contributed by atoms with Crippen molar-refractivity contribution in [3.8, 4) is 28.1 Å². The minimum Gasteiger partial charge on any atom is -0.488 e. The predicted octanol–water partition coefficient (Wildman–Crippen LogP) is 7.73. The summed E-state index contributed by atoms with van der Waals surface area (Å²) < 4.78 is 22.5. The first-order chi connectivity index (χ1) is 27.8. The summed E-state index contributed by atoms with van der Waals surface area (Å²) in [7, 11) is 3.00.